The van der Waals surface area contributed by atoms with Gasteiger partial charge in [0.2, 0.25) is 0 Å². The SMILES string of the molecule is O=c1nc(-c2ccccc2Cl)c2cc([N+](=O)[O-])ccc2[nH]1. The van der Waals surface area contributed by atoms with E-state index in [1.54, 1.807) is 24.3 Å². The molecule has 0 saturated carbocycles. The molecular weight excluding hydrogens is 294 g/mol. The number of hydrogen-bond acceptors (Lipinski definition) is 4. The van der Waals surface area contributed by atoms with Gasteiger partial charge >= 0.3 is 5.69 Å². The fraction of sp³-hybridized carbons (Fsp3) is 0. The fourth-order valence-electron chi connectivity index (χ4n) is 2.11. The van der Waals surface area contributed by atoms with Crippen LogP contribution in [0, 0.1) is 10.1 Å². The summed E-state index contributed by atoms with van der Waals surface area (Å²) in [4.78, 5) is 28.5. The van der Waals surface area contributed by atoms with Gasteiger partial charge in [-0.1, -0.05) is 29.8 Å². The molecular formula is C14H8ClN3O3. The monoisotopic (exact) mass is 301 g/mol. The Kier molecular flexibility index (Phi) is 3.15. The summed E-state index contributed by atoms with van der Waals surface area (Å²) in [5, 5.41) is 11.8. The Morgan fingerprint density at radius 3 is 2.67 bits per heavy atom. The number of nitrogens with one attached hydrogen (secondary N) is 1. The molecule has 104 valence electrons. The van der Waals surface area contributed by atoms with E-state index in [-0.39, 0.29) is 5.69 Å². The summed E-state index contributed by atoms with van der Waals surface area (Å²) < 4.78 is 0. The molecule has 0 atom stereocenters. The number of non-ortho nitro benzene ring substituents is 1. The molecule has 0 bridgehead atoms. The quantitative estimate of drug-likeness (QED) is 0.581. The molecule has 0 unspecified atom stereocenters. The van der Waals surface area contributed by atoms with Crippen molar-refractivity contribution < 1.29 is 4.92 Å². The Morgan fingerprint density at radius 1 is 1.19 bits per heavy atom. The van der Waals surface area contributed by atoms with Crippen molar-refractivity contribution in [3.05, 3.63) is 68.1 Å². The minimum absolute atomic E-state index is 0.0790. The predicted octanol–water partition coefficient (Wildman–Crippen LogP) is 3.15. The van der Waals surface area contributed by atoms with E-state index in [1.807, 2.05) is 0 Å². The van der Waals surface area contributed by atoms with E-state index < -0.39 is 10.6 Å². The van der Waals surface area contributed by atoms with Gasteiger partial charge in [-0.15, -0.1) is 0 Å². The molecule has 21 heavy (non-hydrogen) atoms. The smallest absolute Gasteiger partial charge is 0.305 e. The maximum Gasteiger partial charge on any atom is 0.345 e. The molecule has 3 rings (SSSR count). The van der Waals surface area contributed by atoms with Crippen LogP contribution < -0.4 is 5.69 Å². The van der Waals surface area contributed by atoms with E-state index in [1.165, 1.54) is 18.2 Å². The topological polar surface area (TPSA) is 88.9 Å². The zero-order valence-corrected chi connectivity index (χ0v) is 11.3. The lowest BCUT2D eigenvalue weighted by molar-refractivity contribution is -0.384. The number of nitro benzene ring substituents is 1. The lowest BCUT2D eigenvalue weighted by atomic mass is 10.1. The molecule has 6 nitrogen and oxygen atoms in total. The molecule has 0 radical (unpaired) electrons. The molecule has 0 saturated heterocycles. The molecule has 0 spiro atoms. The molecule has 0 aliphatic carbocycles. The van der Waals surface area contributed by atoms with Crippen molar-refractivity contribution in [3.8, 4) is 11.3 Å². The minimum atomic E-state index is -0.536. The highest BCUT2D eigenvalue weighted by molar-refractivity contribution is 6.33. The van der Waals surface area contributed by atoms with Crippen molar-refractivity contribution in [1.82, 2.24) is 9.97 Å². The zero-order chi connectivity index (χ0) is 15.0. The van der Waals surface area contributed by atoms with Gasteiger partial charge in [-0.25, -0.2) is 4.79 Å². The van der Waals surface area contributed by atoms with Crippen LogP contribution in [0.5, 0.6) is 0 Å². The van der Waals surface area contributed by atoms with Gasteiger partial charge in [-0.3, -0.25) is 10.1 Å². The summed E-state index contributed by atoms with van der Waals surface area (Å²) in [5.74, 6) is 0. The van der Waals surface area contributed by atoms with Gasteiger partial charge in [-0.05, 0) is 12.1 Å². The molecule has 2 aromatic carbocycles. The third-order valence-corrected chi connectivity index (χ3v) is 3.38. The summed E-state index contributed by atoms with van der Waals surface area (Å²) >= 11 is 6.13. The molecule has 0 amide bonds. The molecule has 1 N–H and O–H groups in total. The molecule has 0 aliphatic heterocycles. The number of benzene rings is 2. The van der Waals surface area contributed by atoms with Crippen molar-refractivity contribution in [1.29, 1.82) is 0 Å². The Balaban J connectivity index is 2.40. The number of nitro groups is 1. The third kappa shape index (κ3) is 2.36. The van der Waals surface area contributed by atoms with Crippen LogP contribution in [0.3, 0.4) is 0 Å². The van der Waals surface area contributed by atoms with Crippen LogP contribution in [-0.4, -0.2) is 14.9 Å². The van der Waals surface area contributed by atoms with Crippen LogP contribution in [0.25, 0.3) is 22.2 Å². The second kappa shape index (κ2) is 4.99. The molecule has 1 heterocycles. The third-order valence-electron chi connectivity index (χ3n) is 3.05. The first-order valence-corrected chi connectivity index (χ1v) is 6.37. The number of aromatic nitrogens is 2. The Labute approximate surface area is 123 Å². The van der Waals surface area contributed by atoms with Crippen LogP contribution in [0.4, 0.5) is 5.69 Å². The van der Waals surface area contributed by atoms with Gasteiger partial charge in [0.15, 0.2) is 0 Å². The molecule has 1 aromatic heterocycles. The minimum Gasteiger partial charge on any atom is -0.305 e. The predicted molar refractivity (Wildman–Crippen MR) is 79.5 cm³/mol. The van der Waals surface area contributed by atoms with E-state index in [9.17, 15) is 14.9 Å². The maximum absolute atomic E-state index is 11.7. The highest BCUT2D eigenvalue weighted by Gasteiger charge is 2.14. The number of hydrogen-bond donors (Lipinski definition) is 1. The first-order valence-electron chi connectivity index (χ1n) is 5.99. The second-order valence-electron chi connectivity index (χ2n) is 4.36. The van der Waals surface area contributed by atoms with E-state index in [0.29, 0.717) is 27.2 Å². The van der Waals surface area contributed by atoms with Crippen molar-refractivity contribution in [2.75, 3.05) is 0 Å². The Bertz CT molecular complexity index is 921. The van der Waals surface area contributed by atoms with Crippen molar-refractivity contribution in [2.24, 2.45) is 0 Å². The summed E-state index contributed by atoms with van der Waals surface area (Å²) in [5.41, 5.74) is 0.727. The number of nitrogens with zero attached hydrogens (tertiary/aromatic N) is 2. The molecule has 3 aromatic rings. The summed E-state index contributed by atoms with van der Waals surface area (Å²) in [6, 6.07) is 11.1. The largest absolute Gasteiger partial charge is 0.345 e. The lowest BCUT2D eigenvalue weighted by Gasteiger charge is -2.07. The van der Waals surface area contributed by atoms with Crippen LogP contribution in [0.1, 0.15) is 0 Å². The second-order valence-corrected chi connectivity index (χ2v) is 4.76. The van der Waals surface area contributed by atoms with Gasteiger partial charge < -0.3 is 4.98 Å². The van der Waals surface area contributed by atoms with Crippen LogP contribution in [0.2, 0.25) is 5.02 Å². The van der Waals surface area contributed by atoms with E-state index >= 15 is 0 Å². The van der Waals surface area contributed by atoms with Crippen molar-refractivity contribution in [2.45, 2.75) is 0 Å². The van der Waals surface area contributed by atoms with Gasteiger partial charge in [-0.2, -0.15) is 4.98 Å². The number of rotatable bonds is 2. The summed E-state index contributed by atoms with van der Waals surface area (Å²) in [7, 11) is 0. The summed E-state index contributed by atoms with van der Waals surface area (Å²) in [6.07, 6.45) is 0. The Hall–Kier alpha value is -2.73. The average Bonchev–Trinajstić information content (AvgIpc) is 2.46. The van der Waals surface area contributed by atoms with Gasteiger partial charge in [0.1, 0.15) is 0 Å². The molecule has 0 aliphatic rings. The number of aromatic amines is 1. The fourth-order valence-corrected chi connectivity index (χ4v) is 2.34. The number of H-pyrrole nitrogens is 1. The van der Waals surface area contributed by atoms with Gasteiger partial charge in [0.25, 0.3) is 5.69 Å². The van der Waals surface area contributed by atoms with Gasteiger partial charge in [0.05, 0.1) is 16.1 Å². The lowest BCUT2D eigenvalue weighted by Crippen LogP contribution is -2.11. The van der Waals surface area contributed by atoms with Crippen LogP contribution >= 0.6 is 11.6 Å². The Morgan fingerprint density at radius 2 is 1.95 bits per heavy atom. The standard InChI is InChI=1S/C14H8ClN3O3/c15-11-4-2-1-3-9(11)13-10-7-8(18(20)21)5-6-12(10)16-14(19)17-13/h1-7H,(H,16,17,19). The van der Waals surface area contributed by atoms with Gasteiger partial charge in [0, 0.05) is 28.1 Å². The highest BCUT2D eigenvalue weighted by atomic mass is 35.5. The van der Waals surface area contributed by atoms with E-state index in [0.717, 1.165) is 0 Å². The normalized spacial score (nSPS) is 10.7. The number of fused-ring (bicyclic) bond motifs is 1. The van der Waals surface area contributed by atoms with Crippen LogP contribution in [0.15, 0.2) is 47.3 Å². The van der Waals surface area contributed by atoms with Crippen LogP contribution in [-0.2, 0) is 0 Å². The van der Waals surface area contributed by atoms with Crippen molar-refractivity contribution >= 4 is 28.2 Å². The number of halogens is 1. The van der Waals surface area contributed by atoms with E-state index in [4.69, 9.17) is 11.6 Å². The molecule has 7 heteroatoms. The van der Waals surface area contributed by atoms with Crippen molar-refractivity contribution in [3.63, 3.8) is 0 Å². The highest BCUT2D eigenvalue weighted by Crippen LogP contribution is 2.31. The first kappa shape index (κ1) is 13.3. The van der Waals surface area contributed by atoms with E-state index in [2.05, 4.69) is 9.97 Å². The molecule has 0 fully saturated rings. The average molecular weight is 302 g/mol. The zero-order valence-electron chi connectivity index (χ0n) is 10.5. The summed E-state index contributed by atoms with van der Waals surface area (Å²) in [6.45, 7) is 0. The first-order chi connectivity index (χ1) is 10.1. The maximum atomic E-state index is 11.7.